The van der Waals surface area contributed by atoms with Crippen molar-refractivity contribution in [3.63, 3.8) is 0 Å². The van der Waals surface area contributed by atoms with Gasteiger partial charge in [0, 0.05) is 31.3 Å². The molecule has 1 aromatic heterocycles. The standard InChI is InChI=1S/C15H14F3N3O3/c16-15(17,18)14-19-12-7-21(2-1-11(12)13(24)20-14)6-8-3-9(22)5-10(23)4-8/h3-5,22-23H,1-2,6-7H2,(H,19,20,24). The highest BCUT2D eigenvalue weighted by Gasteiger charge is 2.35. The molecule has 1 aliphatic heterocycles. The van der Waals surface area contributed by atoms with Crippen molar-refractivity contribution in [2.24, 2.45) is 0 Å². The fourth-order valence-electron chi connectivity index (χ4n) is 2.77. The topological polar surface area (TPSA) is 89.5 Å². The second-order valence-corrected chi connectivity index (χ2v) is 5.66. The van der Waals surface area contributed by atoms with Crippen LogP contribution in [0.4, 0.5) is 13.2 Å². The van der Waals surface area contributed by atoms with Crippen LogP contribution in [0.1, 0.15) is 22.6 Å². The van der Waals surface area contributed by atoms with E-state index in [1.807, 2.05) is 0 Å². The van der Waals surface area contributed by atoms with Crippen LogP contribution >= 0.6 is 0 Å². The largest absolute Gasteiger partial charge is 0.508 e. The average molecular weight is 341 g/mol. The van der Waals surface area contributed by atoms with Gasteiger partial charge in [0.05, 0.1) is 5.69 Å². The summed E-state index contributed by atoms with van der Waals surface area (Å²) >= 11 is 0. The summed E-state index contributed by atoms with van der Waals surface area (Å²) in [4.78, 5) is 18.9. The Kier molecular flexibility index (Phi) is 3.96. The van der Waals surface area contributed by atoms with Crippen LogP contribution in [0, 0.1) is 0 Å². The van der Waals surface area contributed by atoms with Crippen LogP contribution in [0.25, 0.3) is 0 Å². The van der Waals surface area contributed by atoms with E-state index < -0.39 is 17.6 Å². The van der Waals surface area contributed by atoms with E-state index in [9.17, 15) is 28.2 Å². The van der Waals surface area contributed by atoms with Gasteiger partial charge in [0.1, 0.15) is 11.5 Å². The van der Waals surface area contributed by atoms with Crippen LogP contribution in [0.15, 0.2) is 23.0 Å². The lowest BCUT2D eigenvalue weighted by atomic mass is 10.1. The molecule has 24 heavy (non-hydrogen) atoms. The molecule has 6 nitrogen and oxygen atoms in total. The number of alkyl halides is 3. The summed E-state index contributed by atoms with van der Waals surface area (Å²) in [5.74, 6) is -1.50. The van der Waals surface area contributed by atoms with Gasteiger partial charge in [-0.25, -0.2) is 4.98 Å². The molecule has 0 amide bonds. The lowest BCUT2D eigenvalue weighted by molar-refractivity contribution is -0.145. The van der Waals surface area contributed by atoms with Crippen LogP contribution in [-0.4, -0.2) is 31.6 Å². The zero-order valence-electron chi connectivity index (χ0n) is 12.4. The van der Waals surface area contributed by atoms with E-state index >= 15 is 0 Å². The van der Waals surface area contributed by atoms with E-state index in [0.717, 1.165) is 0 Å². The minimum absolute atomic E-state index is 0.0821. The van der Waals surface area contributed by atoms with Crippen LogP contribution in [-0.2, 0) is 25.7 Å². The fourth-order valence-corrected chi connectivity index (χ4v) is 2.77. The van der Waals surface area contributed by atoms with E-state index in [1.165, 1.54) is 18.2 Å². The molecule has 9 heteroatoms. The SMILES string of the molecule is O=c1[nH]c(C(F)(F)F)nc2c1CCN(Cc1cc(O)cc(O)c1)C2. The number of aromatic amines is 1. The van der Waals surface area contributed by atoms with Gasteiger partial charge < -0.3 is 15.2 Å². The zero-order chi connectivity index (χ0) is 17.5. The minimum Gasteiger partial charge on any atom is -0.508 e. The number of phenolic OH excluding ortho intramolecular Hbond substituents is 2. The van der Waals surface area contributed by atoms with Gasteiger partial charge >= 0.3 is 6.18 Å². The molecule has 0 bridgehead atoms. The summed E-state index contributed by atoms with van der Waals surface area (Å²) in [7, 11) is 0. The van der Waals surface area contributed by atoms with Crippen LogP contribution in [0.3, 0.4) is 0 Å². The molecule has 2 aromatic rings. The highest BCUT2D eigenvalue weighted by Crippen LogP contribution is 2.27. The number of nitrogens with zero attached hydrogens (tertiary/aromatic N) is 2. The Bertz CT molecular complexity index is 813. The molecule has 0 unspecified atom stereocenters. The van der Waals surface area contributed by atoms with Crippen LogP contribution in [0.2, 0.25) is 0 Å². The second kappa shape index (κ2) is 5.82. The normalized spacial score (nSPS) is 15.3. The quantitative estimate of drug-likeness (QED) is 0.774. The predicted octanol–water partition coefficient (Wildman–Crippen LogP) is 1.76. The molecule has 0 spiro atoms. The molecule has 0 atom stereocenters. The number of aromatic nitrogens is 2. The van der Waals surface area contributed by atoms with Crippen LogP contribution in [0.5, 0.6) is 11.5 Å². The molecule has 0 aliphatic carbocycles. The maximum absolute atomic E-state index is 12.8. The molecule has 1 aliphatic rings. The third kappa shape index (κ3) is 3.35. The summed E-state index contributed by atoms with van der Waals surface area (Å²) in [6.45, 7) is 0.843. The summed E-state index contributed by atoms with van der Waals surface area (Å²) in [5.41, 5.74) is 0.207. The predicted molar refractivity (Wildman–Crippen MR) is 77.4 cm³/mol. The Morgan fingerprint density at radius 3 is 2.50 bits per heavy atom. The highest BCUT2D eigenvalue weighted by molar-refractivity contribution is 5.36. The number of nitrogens with one attached hydrogen (secondary N) is 1. The van der Waals surface area contributed by atoms with Gasteiger partial charge in [-0.05, 0) is 24.1 Å². The second-order valence-electron chi connectivity index (χ2n) is 5.66. The van der Waals surface area contributed by atoms with Crippen molar-refractivity contribution in [1.29, 1.82) is 0 Å². The molecule has 0 fully saturated rings. The first-order valence-corrected chi connectivity index (χ1v) is 7.16. The van der Waals surface area contributed by atoms with Crippen molar-refractivity contribution < 1.29 is 23.4 Å². The molecule has 0 saturated carbocycles. The molecule has 3 rings (SSSR count). The van der Waals surface area contributed by atoms with Crippen molar-refractivity contribution in [3.8, 4) is 11.5 Å². The van der Waals surface area contributed by atoms with Gasteiger partial charge in [0.2, 0.25) is 5.82 Å². The summed E-state index contributed by atoms with van der Waals surface area (Å²) in [6.07, 6.45) is -4.44. The van der Waals surface area contributed by atoms with Crippen molar-refractivity contribution in [3.05, 3.63) is 51.2 Å². The Morgan fingerprint density at radius 2 is 1.88 bits per heavy atom. The van der Waals surface area contributed by atoms with Crippen LogP contribution < -0.4 is 5.56 Å². The number of hydrogen-bond donors (Lipinski definition) is 3. The number of halogens is 3. The van der Waals surface area contributed by atoms with Crippen molar-refractivity contribution in [2.75, 3.05) is 6.54 Å². The third-order valence-electron chi connectivity index (χ3n) is 3.79. The zero-order valence-corrected chi connectivity index (χ0v) is 12.4. The first-order valence-electron chi connectivity index (χ1n) is 7.16. The molecule has 1 aromatic carbocycles. The molecule has 2 heterocycles. The van der Waals surface area contributed by atoms with Gasteiger partial charge in [-0.1, -0.05) is 0 Å². The van der Waals surface area contributed by atoms with Gasteiger partial charge in [-0.15, -0.1) is 0 Å². The Balaban J connectivity index is 1.85. The molecule has 128 valence electrons. The summed E-state index contributed by atoms with van der Waals surface area (Å²) in [6, 6.07) is 4.11. The number of phenols is 2. The van der Waals surface area contributed by atoms with Crippen molar-refractivity contribution in [1.82, 2.24) is 14.9 Å². The maximum atomic E-state index is 12.8. The lowest BCUT2D eigenvalue weighted by Crippen LogP contribution is -2.36. The minimum atomic E-state index is -4.71. The summed E-state index contributed by atoms with van der Waals surface area (Å²) in [5, 5.41) is 19.0. The molecule has 0 radical (unpaired) electrons. The maximum Gasteiger partial charge on any atom is 0.449 e. The van der Waals surface area contributed by atoms with E-state index in [-0.39, 0.29) is 35.7 Å². The van der Waals surface area contributed by atoms with Gasteiger partial charge in [-0.3, -0.25) is 9.69 Å². The summed E-state index contributed by atoms with van der Waals surface area (Å²) < 4.78 is 38.3. The first-order chi connectivity index (χ1) is 11.2. The number of H-pyrrole nitrogens is 1. The van der Waals surface area contributed by atoms with Gasteiger partial charge in [0.15, 0.2) is 0 Å². The number of benzene rings is 1. The van der Waals surface area contributed by atoms with E-state index in [1.54, 1.807) is 9.88 Å². The Labute approximate surface area is 134 Å². The fraction of sp³-hybridized carbons (Fsp3) is 0.333. The molecule has 0 saturated heterocycles. The molecular weight excluding hydrogens is 327 g/mol. The number of hydrogen-bond acceptors (Lipinski definition) is 5. The number of aromatic hydroxyl groups is 2. The average Bonchev–Trinajstić information content (AvgIpc) is 2.44. The number of fused-ring (bicyclic) bond motifs is 1. The lowest BCUT2D eigenvalue weighted by Gasteiger charge is -2.28. The van der Waals surface area contributed by atoms with E-state index in [0.29, 0.717) is 18.7 Å². The van der Waals surface area contributed by atoms with E-state index in [4.69, 9.17) is 0 Å². The number of rotatable bonds is 2. The first kappa shape index (κ1) is 16.3. The van der Waals surface area contributed by atoms with Crippen molar-refractivity contribution in [2.45, 2.75) is 25.7 Å². The Hall–Kier alpha value is -2.55. The highest BCUT2D eigenvalue weighted by atomic mass is 19.4. The van der Waals surface area contributed by atoms with Gasteiger partial charge in [0.25, 0.3) is 5.56 Å². The molecular formula is C15H14F3N3O3. The third-order valence-corrected chi connectivity index (χ3v) is 3.79. The van der Waals surface area contributed by atoms with Gasteiger partial charge in [-0.2, -0.15) is 13.2 Å². The van der Waals surface area contributed by atoms with E-state index in [2.05, 4.69) is 4.98 Å². The Morgan fingerprint density at radius 1 is 1.21 bits per heavy atom. The van der Waals surface area contributed by atoms with Crippen molar-refractivity contribution >= 4 is 0 Å². The monoisotopic (exact) mass is 341 g/mol. The molecule has 3 N–H and O–H groups in total. The smallest absolute Gasteiger partial charge is 0.449 e.